The van der Waals surface area contributed by atoms with Crippen LogP contribution in [-0.2, 0) is 0 Å². The molecular weight excluding hydrogens is 621 g/mol. The van der Waals surface area contributed by atoms with Gasteiger partial charge in [0, 0.05) is 32.6 Å². The lowest BCUT2D eigenvalue weighted by Crippen LogP contribution is -1.96. The van der Waals surface area contributed by atoms with Gasteiger partial charge in [0.1, 0.15) is 11.2 Å². The van der Waals surface area contributed by atoms with Crippen molar-refractivity contribution in [2.45, 2.75) is 0 Å². The van der Waals surface area contributed by atoms with Crippen molar-refractivity contribution in [2.24, 2.45) is 0 Å². The summed E-state index contributed by atoms with van der Waals surface area (Å²) in [4.78, 5) is 0. The lowest BCUT2D eigenvalue weighted by molar-refractivity contribution is 0.669. The molecule has 0 N–H and O–H groups in total. The van der Waals surface area contributed by atoms with Crippen molar-refractivity contribution in [1.29, 1.82) is 0 Å². The van der Waals surface area contributed by atoms with Gasteiger partial charge in [-0.1, -0.05) is 121 Å². The first-order chi connectivity index (χ1) is 25.3. The van der Waals surface area contributed by atoms with Crippen LogP contribution in [0.25, 0.3) is 99.2 Å². The predicted octanol–water partition coefficient (Wildman–Crippen LogP) is 13.1. The number of furan rings is 1. The molecule has 3 heteroatoms. The van der Waals surface area contributed by atoms with E-state index in [0.29, 0.717) is 0 Å². The first-order valence-electron chi connectivity index (χ1n) is 17.4. The molecule has 51 heavy (non-hydrogen) atoms. The summed E-state index contributed by atoms with van der Waals surface area (Å²) >= 11 is 0. The topological polar surface area (TPSA) is 23.0 Å². The zero-order valence-corrected chi connectivity index (χ0v) is 27.6. The molecule has 3 aromatic heterocycles. The van der Waals surface area contributed by atoms with E-state index in [1.54, 1.807) is 0 Å². The fourth-order valence-electron chi connectivity index (χ4n) is 8.22. The largest absolute Gasteiger partial charge is 0.456 e. The smallest absolute Gasteiger partial charge is 0.137 e. The second kappa shape index (κ2) is 10.8. The van der Waals surface area contributed by atoms with Gasteiger partial charge in [0.2, 0.25) is 0 Å². The monoisotopic (exact) mass is 650 g/mol. The number of fused-ring (bicyclic) bond motifs is 9. The van der Waals surface area contributed by atoms with Crippen LogP contribution in [0, 0.1) is 0 Å². The molecule has 0 aliphatic carbocycles. The number of para-hydroxylation sites is 3. The molecule has 0 aliphatic heterocycles. The standard InChI is InChI=1S/C48H30N2O/c1-2-11-31(12-3-1)32-21-23-33(24-22-32)34-25-27-39-47(29-34)51-46-20-10-19-45(48(39)46)50-43-18-9-6-15-38(43)40-30-35(26-28-44(40)50)49-41-16-7-4-13-36(41)37-14-5-8-17-42(37)49/h1-30H. The molecule has 11 aromatic rings. The second-order valence-corrected chi connectivity index (χ2v) is 13.3. The van der Waals surface area contributed by atoms with E-state index in [1.807, 2.05) is 0 Å². The highest BCUT2D eigenvalue weighted by atomic mass is 16.3. The molecule has 0 spiro atoms. The Kier molecular flexibility index (Phi) is 5.96. The molecule has 0 aliphatic rings. The number of hydrogen-bond acceptors (Lipinski definition) is 1. The van der Waals surface area contributed by atoms with E-state index < -0.39 is 0 Å². The number of benzene rings is 8. The van der Waals surface area contributed by atoms with E-state index in [-0.39, 0.29) is 0 Å². The Bertz CT molecular complexity index is 3070. The highest BCUT2D eigenvalue weighted by Gasteiger charge is 2.19. The van der Waals surface area contributed by atoms with Crippen molar-refractivity contribution in [3.05, 3.63) is 182 Å². The molecule has 0 bridgehead atoms. The van der Waals surface area contributed by atoms with Crippen LogP contribution in [0.2, 0.25) is 0 Å². The highest BCUT2D eigenvalue weighted by Crippen LogP contribution is 2.41. The molecule has 0 saturated carbocycles. The third-order valence-corrected chi connectivity index (χ3v) is 10.5. The Morgan fingerprint density at radius 3 is 1.57 bits per heavy atom. The van der Waals surface area contributed by atoms with Crippen LogP contribution in [0.5, 0.6) is 0 Å². The van der Waals surface area contributed by atoms with Crippen molar-refractivity contribution < 1.29 is 4.42 Å². The van der Waals surface area contributed by atoms with E-state index in [9.17, 15) is 0 Å². The normalized spacial score (nSPS) is 11.9. The number of hydrogen-bond donors (Lipinski definition) is 0. The molecule has 0 fully saturated rings. The first kappa shape index (κ1) is 28.0. The average Bonchev–Trinajstić information content (AvgIpc) is 3.85. The molecule has 0 saturated heterocycles. The average molecular weight is 651 g/mol. The molecule has 3 nitrogen and oxygen atoms in total. The van der Waals surface area contributed by atoms with E-state index in [0.717, 1.165) is 44.4 Å². The molecular formula is C48H30N2O. The van der Waals surface area contributed by atoms with Crippen LogP contribution in [0.3, 0.4) is 0 Å². The lowest BCUT2D eigenvalue weighted by Gasteiger charge is -2.11. The summed E-state index contributed by atoms with van der Waals surface area (Å²) in [6, 6.07) is 65.4. The minimum Gasteiger partial charge on any atom is -0.456 e. The quantitative estimate of drug-likeness (QED) is 0.186. The van der Waals surface area contributed by atoms with Gasteiger partial charge in [-0.05, 0) is 82.9 Å². The molecule has 0 atom stereocenters. The van der Waals surface area contributed by atoms with Gasteiger partial charge in [-0.2, -0.15) is 0 Å². The Labute approximate surface area is 293 Å². The number of aromatic nitrogens is 2. The second-order valence-electron chi connectivity index (χ2n) is 13.3. The Morgan fingerprint density at radius 2 is 0.863 bits per heavy atom. The van der Waals surface area contributed by atoms with Gasteiger partial charge in [-0.3, -0.25) is 0 Å². The van der Waals surface area contributed by atoms with Crippen molar-refractivity contribution in [1.82, 2.24) is 9.13 Å². The van der Waals surface area contributed by atoms with Crippen molar-refractivity contribution in [3.63, 3.8) is 0 Å². The Morgan fingerprint density at radius 1 is 0.314 bits per heavy atom. The van der Waals surface area contributed by atoms with Crippen LogP contribution in [-0.4, -0.2) is 9.13 Å². The summed E-state index contributed by atoms with van der Waals surface area (Å²) < 4.78 is 11.4. The summed E-state index contributed by atoms with van der Waals surface area (Å²) in [5.41, 5.74) is 13.5. The first-order valence-corrected chi connectivity index (χ1v) is 17.4. The van der Waals surface area contributed by atoms with Gasteiger partial charge in [0.05, 0.1) is 33.1 Å². The van der Waals surface area contributed by atoms with Crippen LogP contribution in [0.1, 0.15) is 0 Å². The van der Waals surface area contributed by atoms with Crippen molar-refractivity contribution >= 4 is 65.6 Å². The predicted molar refractivity (Wildman–Crippen MR) is 213 cm³/mol. The summed E-state index contributed by atoms with van der Waals surface area (Å²) in [7, 11) is 0. The molecule has 8 aromatic carbocycles. The SMILES string of the molecule is c1ccc(-c2ccc(-c3ccc4c(c3)oc3cccc(-n5c6ccccc6c6cc(-n7c8ccccc8c8ccccc87)ccc65)c34)cc2)cc1. The number of rotatable bonds is 4. The molecule has 238 valence electrons. The summed E-state index contributed by atoms with van der Waals surface area (Å²) in [6.07, 6.45) is 0. The van der Waals surface area contributed by atoms with E-state index in [4.69, 9.17) is 4.42 Å². The Balaban J connectivity index is 1.08. The maximum absolute atomic E-state index is 6.60. The zero-order valence-electron chi connectivity index (χ0n) is 27.6. The maximum atomic E-state index is 6.60. The third kappa shape index (κ3) is 4.19. The van der Waals surface area contributed by atoms with Crippen LogP contribution < -0.4 is 0 Å². The summed E-state index contributed by atoms with van der Waals surface area (Å²) in [5.74, 6) is 0. The molecule has 3 heterocycles. The molecule has 0 unspecified atom stereocenters. The third-order valence-electron chi connectivity index (χ3n) is 10.5. The van der Waals surface area contributed by atoms with Crippen LogP contribution in [0.15, 0.2) is 186 Å². The van der Waals surface area contributed by atoms with Gasteiger partial charge < -0.3 is 13.6 Å². The summed E-state index contributed by atoms with van der Waals surface area (Å²) in [5, 5.41) is 7.20. The van der Waals surface area contributed by atoms with E-state index in [1.165, 1.54) is 54.8 Å². The summed E-state index contributed by atoms with van der Waals surface area (Å²) in [6.45, 7) is 0. The minimum absolute atomic E-state index is 0.881. The van der Waals surface area contributed by atoms with Crippen molar-refractivity contribution in [3.8, 4) is 33.6 Å². The number of nitrogens with zero attached hydrogens (tertiary/aromatic N) is 2. The zero-order chi connectivity index (χ0) is 33.5. The van der Waals surface area contributed by atoms with Gasteiger partial charge in [-0.15, -0.1) is 0 Å². The molecule has 11 rings (SSSR count). The fourth-order valence-corrected chi connectivity index (χ4v) is 8.22. The van der Waals surface area contributed by atoms with Crippen molar-refractivity contribution in [2.75, 3.05) is 0 Å². The maximum Gasteiger partial charge on any atom is 0.137 e. The fraction of sp³-hybridized carbons (Fsp3) is 0. The molecule has 0 radical (unpaired) electrons. The highest BCUT2D eigenvalue weighted by molar-refractivity contribution is 6.15. The van der Waals surface area contributed by atoms with Gasteiger partial charge in [0.15, 0.2) is 0 Å². The minimum atomic E-state index is 0.881. The van der Waals surface area contributed by atoms with Gasteiger partial charge in [0.25, 0.3) is 0 Å². The van der Waals surface area contributed by atoms with E-state index in [2.05, 4.69) is 191 Å². The lowest BCUT2D eigenvalue weighted by atomic mass is 9.99. The van der Waals surface area contributed by atoms with Gasteiger partial charge >= 0.3 is 0 Å². The molecule has 0 amide bonds. The Hall–Kier alpha value is -6.84. The van der Waals surface area contributed by atoms with E-state index >= 15 is 0 Å². The van der Waals surface area contributed by atoms with Gasteiger partial charge in [-0.25, -0.2) is 0 Å². The van der Waals surface area contributed by atoms with Crippen LogP contribution in [0.4, 0.5) is 0 Å². The van der Waals surface area contributed by atoms with Crippen LogP contribution >= 0.6 is 0 Å².